The molecule has 6 nitrogen and oxygen atoms in total. The van der Waals surface area contributed by atoms with Crippen LogP contribution in [0.25, 0.3) is 16.6 Å². The van der Waals surface area contributed by atoms with Gasteiger partial charge in [-0.05, 0) is 36.4 Å². The lowest BCUT2D eigenvalue weighted by molar-refractivity contribution is 0.0962. The van der Waals surface area contributed by atoms with Crippen LogP contribution in [0.5, 0.6) is 0 Å². The number of nitrogens with zero attached hydrogens (tertiary/aromatic N) is 3. The molecule has 0 aliphatic carbocycles. The number of anilines is 1. The number of carbonyl (C=O) groups excluding carboxylic acids is 1. The third kappa shape index (κ3) is 3.16. The lowest BCUT2D eigenvalue weighted by atomic mass is 10.1. The van der Waals surface area contributed by atoms with Crippen molar-refractivity contribution in [2.75, 3.05) is 5.43 Å². The summed E-state index contributed by atoms with van der Waals surface area (Å²) in [5.74, 6) is 0.208. The van der Waals surface area contributed by atoms with Crippen molar-refractivity contribution in [2.24, 2.45) is 0 Å². The van der Waals surface area contributed by atoms with Crippen LogP contribution in [-0.2, 0) is 0 Å². The van der Waals surface area contributed by atoms with Crippen LogP contribution in [0.3, 0.4) is 0 Å². The number of nitrogens with one attached hydrogen (secondary N) is 2. The maximum atomic E-state index is 12.7. The number of hydrogen-bond acceptors (Lipinski definition) is 4. The minimum atomic E-state index is -0.259. The van der Waals surface area contributed by atoms with Crippen molar-refractivity contribution >= 4 is 38.6 Å². The van der Waals surface area contributed by atoms with Gasteiger partial charge >= 0.3 is 0 Å². The molecule has 4 aromatic rings. The third-order valence-corrected chi connectivity index (χ3v) is 4.42. The maximum Gasteiger partial charge on any atom is 0.271 e. The summed E-state index contributed by atoms with van der Waals surface area (Å²) in [6.45, 7) is 0. The first-order chi connectivity index (χ1) is 12.7. The first-order valence-corrected chi connectivity index (χ1v) is 8.70. The Hall–Kier alpha value is -3.19. The van der Waals surface area contributed by atoms with E-state index < -0.39 is 0 Å². The van der Waals surface area contributed by atoms with Crippen LogP contribution in [0.4, 0.5) is 5.82 Å². The Balaban J connectivity index is 1.67. The predicted octanol–water partition coefficient (Wildman–Crippen LogP) is 3.94. The second-order valence-electron chi connectivity index (χ2n) is 5.58. The summed E-state index contributed by atoms with van der Waals surface area (Å²) in [5, 5.41) is 1.09. The summed E-state index contributed by atoms with van der Waals surface area (Å²) in [4.78, 5) is 20.7. The molecule has 0 spiro atoms. The van der Waals surface area contributed by atoms with Gasteiger partial charge < -0.3 is 4.57 Å². The van der Waals surface area contributed by atoms with Gasteiger partial charge in [0.1, 0.15) is 0 Å². The molecule has 0 bridgehead atoms. The largest absolute Gasteiger partial charge is 0.316 e. The highest BCUT2D eigenvalue weighted by molar-refractivity contribution is 9.10. The van der Waals surface area contributed by atoms with Gasteiger partial charge in [0.25, 0.3) is 5.91 Å². The normalized spacial score (nSPS) is 10.7. The maximum absolute atomic E-state index is 12.7. The molecular weight excluding hydrogens is 394 g/mol. The second kappa shape index (κ2) is 6.97. The van der Waals surface area contributed by atoms with E-state index in [0.29, 0.717) is 11.4 Å². The number of aromatic nitrogens is 3. The molecule has 0 unspecified atom stereocenters. The van der Waals surface area contributed by atoms with Crippen LogP contribution >= 0.6 is 15.9 Å². The summed E-state index contributed by atoms with van der Waals surface area (Å²) in [6, 6.07) is 15.5. The molecular formula is C19H14BrN5O. The topological polar surface area (TPSA) is 71.8 Å². The van der Waals surface area contributed by atoms with Crippen molar-refractivity contribution < 1.29 is 4.79 Å². The van der Waals surface area contributed by atoms with E-state index in [1.807, 2.05) is 53.2 Å². The van der Waals surface area contributed by atoms with E-state index in [9.17, 15) is 4.79 Å². The molecule has 2 aromatic carbocycles. The van der Waals surface area contributed by atoms with Crippen LogP contribution in [0.1, 0.15) is 10.4 Å². The molecule has 0 radical (unpaired) electrons. The third-order valence-electron chi connectivity index (χ3n) is 3.93. The Morgan fingerprint density at radius 3 is 2.81 bits per heavy atom. The SMILES string of the molecule is O=C(NNc1cnccn1)c1ccccc1-n1ccc2cc(Br)ccc21. The number of rotatable bonds is 4. The molecule has 0 saturated carbocycles. The minimum Gasteiger partial charge on any atom is -0.316 e. The summed E-state index contributed by atoms with van der Waals surface area (Å²) in [6.07, 6.45) is 6.60. The number of hydrogen-bond donors (Lipinski definition) is 2. The fraction of sp³-hybridized carbons (Fsp3) is 0. The first kappa shape index (κ1) is 16.3. The number of amides is 1. The van der Waals surface area contributed by atoms with Gasteiger partial charge in [-0.3, -0.25) is 20.6 Å². The molecule has 1 amide bonds. The van der Waals surface area contributed by atoms with Crippen LogP contribution in [0.15, 0.2) is 77.8 Å². The lowest BCUT2D eigenvalue weighted by Crippen LogP contribution is -2.30. The Morgan fingerprint density at radius 1 is 1.08 bits per heavy atom. The second-order valence-corrected chi connectivity index (χ2v) is 6.49. The highest BCUT2D eigenvalue weighted by atomic mass is 79.9. The van der Waals surface area contributed by atoms with Gasteiger partial charge in [-0.15, -0.1) is 0 Å². The summed E-state index contributed by atoms with van der Waals surface area (Å²) in [5.41, 5.74) is 7.80. The van der Waals surface area contributed by atoms with E-state index >= 15 is 0 Å². The molecule has 2 heterocycles. The molecule has 0 saturated heterocycles. The van der Waals surface area contributed by atoms with Gasteiger partial charge in [-0.2, -0.15) is 0 Å². The molecule has 2 N–H and O–H groups in total. The van der Waals surface area contributed by atoms with Gasteiger partial charge in [0.05, 0.1) is 23.0 Å². The highest BCUT2D eigenvalue weighted by Gasteiger charge is 2.14. The summed E-state index contributed by atoms with van der Waals surface area (Å²) >= 11 is 3.49. The Kier molecular flexibility index (Phi) is 4.37. The van der Waals surface area contributed by atoms with Crippen molar-refractivity contribution in [3.05, 3.63) is 83.4 Å². The molecule has 0 fully saturated rings. The monoisotopic (exact) mass is 407 g/mol. The molecule has 4 rings (SSSR count). The van der Waals surface area contributed by atoms with E-state index in [4.69, 9.17) is 0 Å². The first-order valence-electron chi connectivity index (χ1n) is 7.91. The van der Waals surface area contributed by atoms with Crippen LogP contribution < -0.4 is 10.9 Å². The van der Waals surface area contributed by atoms with E-state index in [2.05, 4.69) is 36.7 Å². The van der Waals surface area contributed by atoms with Crippen molar-refractivity contribution in [1.82, 2.24) is 20.0 Å². The Labute approximate surface area is 158 Å². The van der Waals surface area contributed by atoms with Crippen LogP contribution in [0, 0.1) is 0 Å². The van der Waals surface area contributed by atoms with Crippen molar-refractivity contribution in [3.63, 3.8) is 0 Å². The zero-order chi connectivity index (χ0) is 17.9. The van der Waals surface area contributed by atoms with Gasteiger partial charge in [-0.25, -0.2) is 4.98 Å². The van der Waals surface area contributed by atoms with Gasteiger partial charge in [0.2, 0.25) is 0 Å². The lowest BCUT2D eigenvalue weighted by Gasteiger charge is -2.13. The van der Waals surface area contributed by atoms with Crippen LogP contribution in [0.2, 0.25) is 0 Å². The minimum absolute atomic E-state index is 0.259. The van der Waals surface area contributed by atoms with Gasteiger partial charge in [0, 0.05) is 28.4 Å². The van der Waals surface area contributed by atoms with Crippen molar-refractivity contribution in [1.29, 1.82) is 0 Å². The zero-order valence-electron chi connectivity index (χ0n) is 13.6. The highest BCUT2D eigenvalue weighted by Crippen LogP contribution is 2.25. The molecule has 0 aliphatic heterocycles. The number of halogens is 1. The smallest absolute Gasteiger partial charge is 0.271 e. The van der Waals surface area contributed by atoms with Crippen molar-refractivity contribution in [3.8, 4) is 5.69 Å². The van der Waals surface area contributed by atoms with Gasteiger partial charge in [-0.1, -0.05) is 28.1 Å². The van der Waals surface area contributed by atoms with E-state index in [1.54, 1.807) is 18.5 Å². The van der Waals surface area contributed by atoms with E-state index in [1.165, 1.54) is 6.20 Å². The Morgan fingerprint density at radius 2 is 1.96 bits per heavy atom. The van der Waals surface area contributed by atoms with Crippen molar-refractivity contribution in [2.45, 2.75) is 0 Å². The van der Waals surface area contributed by atoms with Gasteiger partial charge in [0.15, 0.2) is 5.82 Å². The number of benzene rings is 2. The predicted molar refractivity (Wildman–Crippen MR) is 104 cm³/mol. The van der Waals surface area contributed by atoms with E-state index in [0.717, 1.165) is 21.1 Å². The average molecular weight is 408 g/mol. The van der Waals surface area contributed by atoms with Crippen LogP contribution in [-0.4, -0.2) is 20.4 Å². The number of para-hydroxylation sites is 1. The number of carbonyl (C=O) groups is 1. The molecule has 2 aromatic heterocycles. The standard InChI is InChI=1S/C19H14BrN5O/c20-14-5-6-16-13(11-14)7-10-25(16)17-4-2-1-3-15(17)19(26)24-23-18-12-21-8-9-22-18/h1-12H,(H,22,23)(H,24,26). The summed E-state index contributed by atoms with van der Waals surface area (Å²) in [7, 11) is 0. The average Bonchev–Trinajstić information content (AvgIpc) is 3.09. The number of hydrazine groups is 1. The quantitative estimate of drug-likeness (QED) is 0.502. The Bertz CT molecular complexity index is 1080. The molecule has 7 heteroatoms. The molecule has 0 atom stereocenters. The summed E-state index contributed by atoms with van der Waals surface area (Å²) < 4.78 is 3.01. The number of fused-ring (bicyclic) bond motifs is 1. The zero-order valence-corrected chi connectivity index (χ0v) is 15.1. The fourth-order valence-electron chi connectivity index (χ4n) is 2.75. The molecule has 0 aliphatic rings. The fourth-order valence-corrected chi connectivity index (χ4v) is 3.13. The van der Waals surface area contributed by atoms with E-state index in [-0.39, 0.29) is 5.91 Å². The molecule has 26 heavy (non-hydrogen) atoms. The molecule has 128 valence electrons.